The van der Waals surface area contributed by atoms with Crippen molar-refractivity contribution in [2.75, 3.05) is 17.9 Å². The number of amides is 1. The Morgan fingerprint density at radius 3 is 2.60 bits per heavy atom. The highest BCUT2D eigenvalue weighted by Crippen LogP contribution is 2.35. The first-order valence-electron chi connectivity index (χ1n) is 7.15. The Kier molecular flexibility index (Phi) is 3.96. The Morgan fingerprint density at radius 2 is 1.96 bits per heavy atom. The molecule has 2 aromatic rings. The van der Waals surface area contributed by atoms with Crippen LogP contribution in [-0.2, 0) is 9.84 Å². The van der Waals surface area contributed by atoms with Gasteiger partial charge in [0, 0.05) is 5.56 Å². The maximum Gasteiger partial charge on any atom is 0.259 e. The Hall–Kier alpha value is -3.29. The lowest BCUT2D eigenvalue weighted by Crippen LogP contribution is -2.30. The van der Waals surface area contributed by atoms with Crippen LogP contribution in [-0.4, -0.2) is 27.3 Å². The molecule has 1 aliphatic rings. The Labute approximate surface area is 145 Å². The van der Waals surface area contributed by atoms with Gasteiger partial charge in [-0.2, -0.15) is 5.26 Å². The fourth-order valence-corrected chi connectivity index (χ4v) is 4.26. The van der Waals surface area contributed by atoms with E-state index in [1.165, 1.54) is 25.3 Å². The zero-order valence-electron chi connectivity index (χ0n) is 13.2. The van der Waals surface area contributed by atoms with Crippen LogP contribution in [0, 0.1) is 23.7 Å². The van der Waals surface area contributed by atoms with E-state index in [1.54, 1.807) is 18.2 Å². The minimum absolute atomic E-state index is 0.106. The third kappa shape index (κ3) is 2.61. The summed E-state index contributed by atoms with van der Waals surface area (Å²) in [6, 6.07) is 11.0. The molecule has 6 nitrogen and oxygen atoms in total. The van der Waals surface area contributed by atoms with E-state index in [1.807, 2.05) is 6.07 Å². The average Bonchev–Trinajstić information content (AvgIpc) is 2.91. The highest BCUT2D eigenvalue weighted by molar-refractivity contribution is 7.92. The Morgan fingerprint density at radius 1 is 1.28 bits per heavy atom. The number of rotatable bonds is 2. The lowest BCUT2D eigenvalue weighted by Gasteiger charge is -2.17. The standard InChI is InChI=1S/C18H12N2O4S/c1-3-12-8-13(9-14(10-19)17(12)24-2)18(21)20-11-25(22,23)16-7-5-4-6-15(16)20/h1,4-9H,11H2,2H3. The van der Waals surface area contributed by atoms with Crippen molar-refractivity contribution in [3.05, 3.63) is 53.1 Å². The van der Waals surface area contributed by atoms with Crippen molar-refractivity contribution in [2.45, 2.75) is 4.90 Å². The molecule has 0 N–H and O–H groups in total. The smallest absolute Gasteiger partial charge is 0.259 e. The molecule has 0 saturated carbocycles. The van der Waals surface area contributed by atoms with Gasteiger partial charge >= 0.3 is 0 Å². The predicted molar refractivity (Wildman–Crippen MR) is 90.9 cm³/mol. The summed E-state index contributed by atoms with van der Waals surface area (Å²) in [4.78, 5) is 14.1. The highest BCUT2D eigenvalue weighted by atomic mass is 32.2. The zero-order chi connectivity index (χ0) is 18.2. The van der Waals surface area contributed by atoms with Crippen LogP contribution in [0.15, 0.2) is 41.3 Å². The highest BCUT2D eigenvalue weighted by Gasteiger charge is 2.36. The van der Waals surface area contributed by atoms with Crippen LogP contribution in [0.25, 0.3) is 0 Å². The van der Waals surface area contributed by atoms with Gasteiger partial charge in [-0.25, -0.2) is 8.42 Å². The molecule has 0 aliphatic carbocycles. The first kappa shape index (κ1) is 16.6. The number of nitriles is 1. The molecule has 124 valence electrons. The van der Waals surface area contributed by atoms with Crippen molar-refractivity contribution in [2.24, 2.45) is 0 Å². The van der Waals surface area contributed by atoms with Gasteiger partial charge in [-0.15, -0.1) is 6.42 Å². The number of sulfone groups is 1. The molecular formula is C18H12N2O4S. The van der Waals surface area contributed by atoms with Crippen molar-refractivity contribution in [3.8, 4) is 24.2 Å². The Bertz CT molecular complexity index is 1040. The predicted octanol–water partition coefficient (Wildman–Crippen LogP) is 1.94. The van der Waals surface area contributed by atoms with E-state index >= 15 is 0 Å². The molecule has 0 saturated heterocycles. The van der Waals surface area contributed by atoms with Crippen molar-refractivity contribution >= 4 is 21.4 Å². The van der Waals surface area contributed by atoms with E-state index in [0.29, 0.717) is 5.69 Å². The second-order valence-corrected chi connectivity index (χ2v) is 7.23. The summed E-state index contributed by atoms with van der Waals surface area (Å²) in [5.41, 5.74) is 0.790. The molecule has 7 heteroatoms. The van der Waals surface area contributed by atoms with Gasteiger partial charge in [0.05, 0.1) is 28.8 Å². The van der Waals surface area contributed by atoms with E-state index in [9.17, 15) is 18.5 Å². The first-order valence-corrected chi connectivity index (χ1v) is 8.80. The van der Waals surface area contributed by atoms with Crippen LogP contribution < -0.4 is 9.64 Å². The number of anilines is 1. The summed E-state index contributed by atoms with van der Waals surface area (Å²) >= 11 is 0. The van der Waals surface area contributed by atoms with Crippen LogP contribution in [0.1, 0.15) is 21.5 Å². The van der Waals surface area contributed by atoms with E-state index in [4.69, 9.17) is 11.2 Å². The van der Waals surface area contributed by atoms with Gasteiger partial charge in [0.15, 0.2) is 15.6 Å². The number of ether oxygens (including phenoxy) is 1. The molecule has 2 aromatic carbocycles. The monoisotopic (exact) mass is 352 g/mol. The van der Waals surface area contributed by atoms with Crippen LogP contribution in [0.5, 0.6) is 5.75 Å². The number of methoxy groups -OCH3 is 1. The average molecular weight is 352 g/mol. The normalized spacial score (nSPS) is 14.3. The molecule has 1 aliphatic heterocycles. The van der Waals surface area contributed by atoms with Crippen LogP contribution in [0.3, 0.4) is 0 Å². The molecule has 1 heterocycles. The van der Waals surface area contributed by atoms with Crippen LogP contribution >= 0.6 is 0 Å². The summed E-state index contributed by atoms with van der Waals surface area (Å²) in [6.07, 6.45) is 5.43. The minimum Gasteiger partial charge on any atom is -0.494 e. The number of hydrogen-bond donors (Lipinski definition) is 0. The summed E-state index contributed by atoms with van der Waals surface area (Å²) in [5.74, 6) is 1.58. The van der Waals surface area contributed by atoms with Crippen molar-refractivity contribution < 1.29 is 17.9 Å². The second-order valence-electron chi connectivity index (χ2n) is 5.31. The number of para-hydroxylation sites is 1. The van der Waals surface area contributed by atoms with Crippen molar-refractivity contribution in [1.82, 2.24) is 0 Å². The fraction of sp³-hybridized carbons (Fsp3) is 0.111. The molecule has 0 aromatic heterocycles. The molecule has 25 heavy (non-hydrogen) atoms. The molecular weight excluding hydrogens is 340 g/mol. The number of terminal acetylenes is 1. The maximum atomic E-state index is 12.9. The van der Waals surface area contributed by atoms with Crippen molar-refractivity contribution in [3.63, 3.8) is 0 Å². The van der Waals surface area contributed by atoms with Gasteiger partial charge in [0.25, 0.3) is 5.91 Å². The number of carbonyl (C=O) groups excluding carboxylic acids is 1. The SMILES string of the molecule is C#Cc1cc(C(=O)N2CS(=O)(=O)c3ccccc32)cc(C#N)c1OC. The number of fused-ring (bicyclic) bond motifs is 1. The molecule has 0 unspecified atom stereocenters. The lowest BCUT2D eigenvalue weighted by atomic mass is 10.0. The molecule has 0 radical (unpaired) electrons. The molecule has 1 amide bonds. The maximum absolute atomic E-state index is 12.9. The van der Waals surface area contributed by atoms with Crippen molar-refractivity contribution in [1.29, 1.82) is 5.26 Å². The minimum atomic E-state index is -3.58. The second kappa shape index (κ2) is 5.97. The third-order valence-electron chi connectivity index (χ3n) is 3.85. The summed E-state index contributed by atoms with van der Waals surface area (Å²) in [6.45, 7) is 0. The summed E-state index contributed by atoms with van der Waals surface area (Å²) < 4.78 is 29.6. The Balaban J connectivity index is 2.13. The number of benzene rings is 2. The quantitative estimate of drug-likeness (QED) is 0.771. The third-order valence-corrected chi connectivity index (χ3v) is 5.46. The van der Waals surface area contributed by atoms with Crippen LogP contribution in [0.2, 0.25) is 0 Å². The van der Waals surface area contributed by atoms with E-state index in [2.05, 4.69) is 5.92 Å². The van der Waals surface area contributed by atoms with Gasteiger partial charge in [-0.05, 0) is 24.3 Å². The summed E-state index contributed by atoms with van der Waals surface area (Å²) in [7, 11) is -2.20. The number of carbonyl (C=O) groups is 1. The van der Waals surface area contributed by atoms with Gasteiger partial charge in [0.1, 0.15) is 11.9 Å². The van der Waals surface area contributed by atoms with Gasteiger partial charge in [0.2, 0.25) is 0 Å². The molecule has 0 fully saturated rings. The number of hydrogen-bond acceptors (Lipinski definition) is 5. The topological polar surface area (TPSA) is 87.5 Å². The molecule has 0 atom stereocenters. The van der Waals surface area contributed by atoms with Gasteiger partial charge in [-0.3, -0.25) is 9.69 Å². The first-order chi connectivity index (χ1) is 11.9. The van der Waals surface area contributed by atoms with Gasteiger partial charge in [-0.1, -0.05) is 18.1 Å². The van der Waals surface area contributed by atoms with Gasteiger partial charge < -0.3 is 4.74 Å². The van der Waals surface area contributed by atoms with Crippen LogP contribution in [0.4, 0.5) is 5.69 Å². The lowest BCUT2D eigenvalue weighted by molar-refractivity contribution is 0.0991. The van der Waals surface area contributed by atoms with E-state index in [-0.39, 0.29) is 27.3 Å². The van der Waals surface area contributed by atoms with E-state index < -0.39 is 21.6 Å². The number of nitrogens with zero attached hydrogens (tertiary/aromatic N) is 2. The zero-order valence-corrected chi connectivity index (χ0v) is 14.0. The van der Waals surface area contributed by atoms with E-state index in [0.717, 1.165) is 4.90 Å². The largest absolute Gasteiger partial charge is 0.494 e. The molecule has 0 bridgehead atoms. The summed E-state index contributed by atoms with van der Waals surface area (Å²) in [5, 5.41) is 9.26. The molecule has 3 rings (SSSR count). The molecule has 0 spiro atoms. The fourth-order valence-electron chi connectivity index (χ4n) is 2.74.